The Bertz CT molecular complexity index is 2290. The average molecular weight is 709 g/mol. The van der Waals surface area contributed by atoms with E-state index in [2.05, 4.69) is 146 Å². The van der Waals surface area contributed by atoms with Crippen LogP contribution in [0.1, 0.15) is 126 Å². The van der Waals surface area contributed by atoms with E-state index < -0.39 is 0 Å². The molecule has 272 valence electrons. The molecule has 5 aromatic rings. The third-order valence-electron chi connectivity index (χ3n) is 13.2. The van der Waals surface area contributed by atoms with Crippen molar-refractivity contribution in [2.75, 3.05) is 0 Å². The minimum absolute atomic E-state index is 0.0584. The Morgan fingerprint density at radius 3 is 1.65 bits per heavy atom. The molecule has 9 rings (SSSR count). The lowest BCUT2D eigenvalue weighted by molar-refractivity contribution is 0.299. The molecule has 4 nitrogen and oxygen atoms in total. The molecule has 2 fully saturated rings. The minimum Gasteiger partial charge on any atom is -0.288 e. The van der Waals surface area contributed by atoms with Gasteiger partial charge in [0.15, 0.2) is 17.5 Å². The fourth-order valence-corrected chi connectivity index (χ4v) is 10.3. The van der Waals surface area contributed by atoms with E-state index in [1.807, 2.05) is 6.21 Å². The van der Waals surface area contributed by atoms with Crippen LogP contribution in [-0.2, 0) is 28.2 Å². The molecular formula is C50H52N4. The van der Waals surface area contributed by atoms with Crippen LogP contribution in [-0.4, -0.2) is 21.2 Å². The molecule has 1 aliphatic heterocycles. The number of rotatable bonds is 3. The van der Waals surface area contributed by atoms with Crippen molar-refractivity contribution in [3.63, 3.8) is 0 Å². The van der Waals surface area contributed by atoms with E-state index in [4.69, 9.17) is 19.9 Å². The molecule has 0 saturated heterocycles. The van der Waals surface area contributed by atoms with E-state index in [9.17, 15) is 0 Å². The summed E-state index contributed by atoms with van der Waals surface area (Å²) in [5.74, 6) is 1.95. The van der Waals surface area contributed by atoms with Gasteiger partial charge in [-0.15, -0.1) is 0 Å². The van der Waals surface area contributed by atoms with Crippen molar-refractivity contribution in [1.82, 2.24) is 15.0 Å². The number of hydrogen-bond acceptors (Lipinski definition) is 4. The molecule has 0 spiro atoms. The fourth-order valence-electron chi connectivity index (χ4n) is 10.3. The Labute approximate surface area is 321 Å². The van der Waals surface area contributed by atoms with Crippen molar-refractivity contribution >= 4 is 17.4 Å². The number of allylic oxidation sites excluding steroid dienone is 4. The molecule has 3 aliphatic carbocycles. The summed E-state index contributed by atoms with van der Waals surface area (Å²) in [6, 6.07) is 31.7. The van der Waals surface area contributed by atoms with Crippen molar-refractivity contribution < 1.29 is 0 Å². The minimum atomic E-state index is 0.0584. The summed E-state index contributed by atoms with van der Waals surface area (Å²) in [6.07, 6.45) is 14.2. The molecular weight excluding hydrogens is 657 g/mol. The second-order valence-electron chi connectivity index (χ2n) is 18.4. The largest absolute Gasteiger partial charge is 0.288 e. The quantitative estimate of drug-likeness (QED) is 0.187. The van der Waals surface area contributed by atoms with Crippen LogP contribution in [0.5, 0.6) is 0 Å². The van der Waals surface area contributed by atoms with E-state index in [0.717, 1.165) is 16.7 Å². The Hall–Kier alpha value is -4.96. The average Bonchev–Trinajstić information content (AvgIpc) is 3.75. The van der Waals surface area contributed by atoms with Gasteiger partial charge in [-0.25, -0.2) is 15.0 Å². The first-order chi connectivity index (χ1) is 25.9. The molecule has 0 radical (unpaired) electrons. The molecule has 0 atom stereocenters. The highest BCUT2D eigenvalue weighted by atomic mass is 15.0. The van der Waals surface area contributed by atoms with Crippen LogP contribution >= 0.6 is 0 Å². The summed E-state index contributed by atoms with van der Waals surface area (Å²) >= 11 is 0. The summed E-state index contributed by atoms with van der Waals surface area (Å²) in [4.78, 5) is 20.4. The van der Waals surface area contributed by atoms with Crippen molar-refractivity contribution in [3.05, 3.63) is 136 Å². The van der Waals surface area contributed by atoms with Crippen LogP contribution in [0.4, 0.5) is 0 Å². The Balaban J connectivity index is 1.15. The van der Waals surface area contributed by atoms with Crippen molar-refractivity contribution in [1.29, 1.82) is 0 Å². The van der Waals surface area contributed by atoms with Gasteiger partial charge < -0.3 is 0 Å². The zero-order chi connectivity index (χ0) is 37.5. The van der Waals surface area contributed by atoms with Gasteiger partial charge in [0, 0.05) is 33.7 Å². The predicted octanol–water partition coefficient (Wildman–Crippen LogP) is 12.4. The number of nitrogens with zero attached hydrogens (tertiary/aromatic N) is 4. The van der Waals surface area contributed by atoms with E-state index in [0.29, 0.717) is 24.0 Å². The maximum Gasteiger partial charge on any atom is 0.165 e. The lowest BCUT2D eigenvalue weighted by atomic mass is 9.55. The molecule has 0 amide bonds. The smallest absolute Gasteiger partial charge is 0.165 e. The topological polar surface area (TPSA) is 51.0 Å². The first kappa shape index (κ1) is 34.8. The van der Waals surface area contributed by atoms with Gasteiger partial charge in [-0.2, -0.15) is 0 Å². The monoisotopic (exact) mass is 708 g/mol. The highest BCUT2D eigenvalue weighted by Gasteiger charge is 2.62. The van der Waals surface area contributed by atoms with Gasteiger partial charge in [-0.05, 0) is 112 Å². The Kier molecular flexibility index (Phi) is 8.08. The molecule has 4 heteroatoms. The van der Waals surface area contributed by atoms with Gasteiger partial charge in [-0.3, -0.25) is 4.99 Å². The molecule has 0 N–H and O–H groups in total. The van der Waals surface area contributed by atoms with Gasteiger partial charge in [0.2, 0.25) is 0 Å². The van der Waals surface area contributed by atoms with Crippen molar-refractivity contribution in [2.24, 2.45) is 4.99 Å². The standard InChI is InChI=1S/C50H52N4/c1-32-14-15-35(30-51-31-36-28-41-39-12-8-9-13-42(39)49-24-10-26-50(49,27-11-25-49)43(41)29-40(32)36)46-53-44(33-16-20-37(21-17-33)47(2,3)4)52-45(54-46)34-18-22-38(23-19-34)48(5,6)7/h8-9,12-23,28-30H,10-11,24-27,31H2,1-7H3/b32-14+,35-15+,51-30?. The van der Waals surface area contributed by atoms with Gasteiger partial charge in [-0.1, -0.05) is 133 Å². The molecule has 4 aliphatic rings. The highest BCUT2D eigenvalue weighted by molar-refractivity contribution is 6.09. The van der Waals surface area contributed by atoms with Crippen LogP contribution in [0.3, 0.4) is 0 Å². The van der Waals surface area contributed by atoms with Gasteiger partial charge >= 0.3 is 0 Å². The van der Waals surface area contributed by atoms with Gasteiger partial charge in [0.1, 0.15) is 0 Å². The second-order valence-corrected chi connectivity index (χ2v) is 18.4. The maximum absolute atomic E-state index is 5.13. The molecule has 0 unspecified atom stereocenters. The summed E-state index contributed by atoms with van der Waals surface area (Å²) in [7, 11) is 0. The van der Waals surface area contributed by atoms with Crippen molar-refractivity contribution in [2.45, 2.75) is 115 Å². The molecule has 0 bridgehead atoms. The summed E-state index contributed by atoms with van der Waals surface area (Å²) in [6.45, 7) is 16.3. The molecule has 2 saturated carbocycles. The Morgan fingerprint density at radius 2 is 1.07 bits per heavy atom. The number of fused-ring (bicyclic) bond motifs is 4. The van der Waals surface area contributed by atoms with E-state index in [1.54, 1.807) is 11.1 Å². The van der Waals surface area contributed by atoms with Crippen LogP contribution in [0, 0.1) is 0 Å². The second kappa shape index (κ2) is 12.5. The zero-order valence-corrected chi connectivity index (χ0v) is 33.1. The lowest BCUT2D eigenvalue weighted by Crippen LogP contribution is -2.43. The SMILES string of the molecule is C/C1=C\C=C(\c2nc(-c3ccc(C(C)(C)C)cc3)nc(-c3ccc(C(C)(C)C)cc3)n2)C=NCc2cc3c(cc21)C12CCCC1(CCC2)c1ccccc1-3. The number of aliphatic imine (C=N–C) groups is 1. The van der Waals surface area contributed by atoms with Crippen LogP contribution < -0.4 is 0 Å². The summed E-state index contributed by atoms with van der Waals surface area (Å²) in [5, 5.41) is 0. The fraction of sp³-hybridized carbons (Fsp3) is 0.360. The first-order valence-electron chi connectivity index (χ1n) is 20.0. The van der Waals surface area contributed by atoms with E-state index in [-0.39, 0.29) is 21.7 Å². The Morgan fingerprint density at radius 1 is 0.537 bits per heavy atom. The zero-order valence-electron chi connectivity index (χ0n) is 33.1. The van der Waals surface area contributed by atoms with Crippen molar-refractivity contribution in [3.8, 4) is 33.9 Å². The third-order valence-corrected chi connectivity index (χ3v) is 13.2. The number of hydrogen-bond donors (Lipinski definition) is 0. The third kappa shape index (κ3) is 5.55. The highest BCUT2D eigenvalue weighted by Crippen LogP contribution is 2.69. The molecule has 4 aromatic carbocycles. The summed E-state index contributed by atoms with van der Waals surface area (Å²) in [5.41, 5.74) is 15.9. The number of benzene rings is 4. The lowest BCUT2D eigenvalue weighted by Gasteiger charge is -2.48. The van der Waals surface area contributed by atoms with Gasteiger partial charge in [0.05, 0.1) is 6.54 Å². The molecule has 2 heterocycles. The van der Waals surface area contributed by atoms with Gasteiger partial charge in [0.25, 0.3) is 0 Å². The molecule has 54 heavy (non-hydrogen) atoms. The van der Waals surface area contributed by atoms with Crippen LogP contribution in [0.15, 0.2) is 102 Å². The van der Waals surface area contributed by atoms with Crippen LogP contribution in [0.25, 0.3) is 45.0 Å². The van der Waals surface area contributed by atoms with E-state index in [1.165, 1.54) is 77.5 Å². The normalized spacial score (nSPS) is 23.7. The number of aromatic nitrogens is 3. The summed E-state index contributed by atoms with van der Waals surface area (Å²) < 4.78 is 0. The maximum atomic E-state index is 5.13. The predicted molar refractivity (Wildman–Crippen MR) is 225 cm³/mol. The van der Waals surface area contributed by atoms with Crippen LogP contribution in [0.2, 0.25) is 0 Å². The van der Waals surface area contributed by atoms with E-state index >= 15 is 0 Å². The first-order valence-corrected chi connectivity index (χ1v) is 20.0. The molecule has 1 aromatic heterocycles.